The van der Waals surface area contributed by atoms with E-state index < -0.39 is 5.60 Å². The Labute approximate surface area is 200 Å². The van der Waals surface area contributed by atoms with Gasteiger partial charge in [-0.25, -0.2) is 9.31 Å². The normalized spacial score (nSPS) is 19.0. The number of alkyl carbamates (subject to hydrolysis) is 1. The Kier molecular flexibility index (Phi) is 7.35. The number of fused-ring (bicyclic) bond motifs is 1. The van der Waals surface area contributed by atoms with Gasteiger partial charge in [-0.2, -0.15) is 10.2 Å². The molecule has 1 amide bonds. The van der Waals surface area contributed by atoms with Gasteiger partial charge in [0.2, 0.25) is 0 Å². The van der Waals surface area contributed by atoms with Crippen LogP contribution in [-0.2, 0) is 9.47 Å². The van der Waals surface area contributed by atoms with Gasteiger partial charge in [0.1, 0.15) is 11.1 Å². The van der Waals surface area contributed by atoms with E-state index in [1.54, 1.807) is 29.2 Å². The maximum atomic E-state index is 11.9. The molecule has 1 saturated heterocycles. The summed E-state index contributed by atoms with van der Waals surface area (Å²) in [6.07, 6.45) is 13.7. The average molecular weight is 473 g/mol. The van der Waals surface area contributed by atoms with E-state index >= 15 is 0 Å². The summed E-state index contributed by atoms with van der Waals surface area (Å²) in [7, 11) is 0. The number of hydrogen-bond donors (Lipinski definition) is 2. The van der Waals surface area contributed by atoms with Crippen LogP contribution in [0.5, 0.6) is 0 Å². The second kappa shape index (κ2) is 10.4. The molecule has 10 nitrogen and oxygen atoms in total. The van der Waals surface area contributed by atoms with Crippen molar-refractivity contribution in [2.45, 2.75) is 77.0 Å². The molecule has 2 aliphatic rings. The van der Waals surface area contributed by atoms with E-state index in [1.807, 2.05) is 31.6 Å². The first-order chi connectivity index (χ1) is 16.3. The Morgan fingerprint density at radius 3 is 2.71 bits per heavy atom. The van der Waals surface area contributed by atoms with Crippen molar-refractivity contribution in [1.82, 2.24) is 29.7 Å². The van der Waals surface area contributed by atoms with Crippen LogP contribution in [0.1, 0.15) is 66.8 Å². The first-order valence-electron chi connectivity index (χ1n) is 12.0. The van der Waals surface area contributed by atoms with E-state index in [2.05, 4.69) is 20.5 Å². The molecule has 0 radical (unpaired) electrons. The van der Waals surface area contributed by atoms with Gasteiger partial charge < -0.3 is 19.8 Å². The summed E-state index contributed by atoms with van der Waals surface area (Å²) in [6, 6.07) is 2.30. The van der Waals surface area contributed by atoms with Gasteiger partial charge in [-0.05, 0) is 46.1 Å². The maximum Gasteiger partial charge on any atom is 0.407 e. The third kappa shape index (κ3) is 6.25. The predicted molar refractivity (Wildman–Crippen MR) is 130 cm³/mol. The predicted octanol–water partition coefficient (Wildman–Crippen LogP) is 3.94. The lowest BCUT2D eigenvalue weighted by molar-refractivity contribution is 0.0493. The summed E-state index contributed by atoms with van der Waals surface area (Å²) in [5.74, 6) is 0. The van der Waals surface area contributed by atoms with Crippen LogP contribution in [-0.4, -0.2) is 55.3 Å². The van der Waals surface area contributed by atoms with Gasteiger partial charge in [0.25, 0.3) is 5.56 Å². The van der Waals surface area contributed by atoms with E-state index in [0.29, 0.717) is 23.9 Å². The van der Waals surface area contributed by atoms with Crippen molar-refractivity contribution >= 4 is 11.6 Å². The molecule has 1 saturated carbocycles. The monoisotopic (exact) mass is 472 g/mol. The number of carbonyl (C=O) groups is 1. The second-order valence-corrected chi connectivity index (χ2v) is 9.87. The molecular formula is C24H36N6O4. The molecule has 2 fully saturated rings. The Balaban J connectivity index is 0.000000203. The maximum absolute atomic E-state index is 11.9. The van der Waals surface area contributed by atoms with Gasteiger partial charge in [0.15, 0.2) is 0 Å². The third-order valence-corrected chi connectivity index (χ3v) is 5.92. The quantitative estimate of drug-likeness (QED) is 0.597. The van der Waals surface area contributed by atoms with Crippen molar-refractivity contribution in [3.8, 4) is 11.3 Å². The molecule has 3 aromatic heterocycles. The number of aromatic nitrogens is 5. The van der Waals surface area contributed by atoms with Crippen LogP contribution in [0, 0.1) is 0 Å². The van der Waals surface area contributed by atoms with Gasteiger partial charge in [-0.1, -0.05) is 19.3 Å². The zero-order chi connectivity index (χ0) is 24.1. The highest BCUT2D eigenvalue weighted by Gasteiger charge is 2.21. The molecule has 0 spiro atoms. The molecule has 1 aliphatic carbocycles. The fourth-order valence-corrected chi connectivity index (χ4v) is 4.21. The largest absolute Gasteiger partial charge is 0.444 e. The standard InChI is InChI=1S/C13H13N5O2.C11H21NO2.H2/c19-13-12-1-3-14-18(12)7-11(16-13)9-5-15-17(6-9)10-2-4-20-8-10;1-11(2,3)14-10(13)12-9-7-5-4-6-8-9;/h1,3,5-7,10H,2,4,8H2,(H,16,19);9H,4-8H2,1-3H3,(H,12,13);1H. The molecule has 5 rings (SSSR count). The van der Waals surface area contributed by atoms with Gasteiger partial charge >= 0.3 is 6.09 Å². The number of H-pyrrole nitrogens is 1. The highest BCUT2D eigenvalue weighted by atomic mass is 16.6. The van der Waals surface area contributed by atoms with Crippen molar-refractivity contribution in [1.29, 1.82) is 0 Å². The molecule has 10 heteroatoms. The summed E-state index contributed by atoms with van der Waals surface area (Å²) >= 11 is 0. The summed E-state index contributed by atoms with van der Waals surface area (Å²) in [6.45, 7) is 7.11. The van der Waals surface area contributed by atoms with Crippen molar-refractivity contribution in [2.24, 2.45) is 0 Å². The second-order valence-electron chi connectivity index (χ2n) is 9.87. The van der Waals surface area contributed by atoms with E-state index in [4.69, 9.17) is 9.47 Å². The molecule has 34 heavy (non-hydrogen) atoms. The Morgan fingerprint density at radius 2 is 2.00 bits per heavy atom. The number of nitrogens with zero attached hydrogens (tertiary/aromatic N) is 4. The topological polar surface area (TPSA) is 116 Å². The molecular weight excluding hydrogens is 436 g/mol. The van der Waals surface area contributed by atoms with Crippen LogP contribution in [0.15, 0.2) is 35.6 Å². The number of amides is 1. The lowest BCUT2D eigenvalue weighted by Gasteiger charge is -2.25. The first-order valence-corrected chi connectivity index (χ1v) is 12.0. The fraction of sp³-hybridized carbons (Fsp3) is 0.583. The van der Waals surface area contributed by atoms with Crippen molar-refractivity contribution in [3.63, 3.8) is 0 Å². The lowest BCUT2D eigenvalue weighted by Crippen LogP contribution is -2.39. The highest BCUT2D eigenvalue weighted by Crippen LogP contribution is 2.22. The molecule has 3 aromatic rings. The number of hydrogen-bond acceptors (Lipinski definition) is 6. The summed E-state index contributed by atoms with van der Waals surface area (Å²) < 4.78 is 14.0. The molecule has 1 aliphatic heterocycles. The number of carbonyl (C=O) groups excluding carboxylic acids is 1. The van der Waals surface area contributed by atoms with Crippen LogP contribution in [0.4, 0.5) is 4.79 Å². The molecule has 4 heterocycles. The van der Waals surface area contributed by atoms with Gasteiger partial charge in [-0.15, -0.1) is 0 Å². The van der Waals surface area contributed by atoms with Crippen LogP contribution >= 0.6 is 0 Å². The van der Waals surface area contributed by atoms with E-state index in [9.17, 15) is 9.59 Å². The fourth-order valence-electron chi connectivity index (χ4n) is 4.21. The van der Waals surface area contributed by atoms with Crippen LogP contribution in [0.3, 0.4) is 0 Å². The number of rotatable bonds is 3. The minimum atomic E-state index is -0.390. The first kappa shape index (κ1) is 24.0. The molecule has 1 unspecified atom stereocenters. The lowest BCUT2D eigenvalue weighted by atomic mass is 9.96. The van der Waals surface area contributed by atoms with Gasteiger partial charge in [-0.3, -0.25) is 9.48 Å². The average Bonchev–Trinajstić information content (AvgIpc) is 3.54. The zero-order valence-electron chi connectivity index (χ0n) is 20.1. The SMILES string of the molecule is CC(C)(C)OC(=O)NC1CCCCC1.O=c1[nH]c(-c2cnn(C3CCOC3)c2)cn2nccc12.[HH]. The minimum Gasteiger partial charge on any atom is -0.444 e. The van der Waals surface area contributed by atoms with Crippen LogP contribution in [0.2, 0.25) is 0 Å². The van der Waals surface area contributed by atoms with Gasteiger partial charge in [0, 0.05) is 25.8 Å². The van der Waals surface area contributed by atoms with E-state index in [1.165, 1.54) is 19.3 Å². The number of nitrogens with one attached hydrogen (secondary N) is 2. The molecule has 2 N–H and O–H groups in total. The Morgan fingerprint density at radius 1 is 1.21 bits per heavy atom. The summed E-state index contributed by atoms with van der Waals surface area (Å²) in [5, 5.41) is 11.4. The number of ether oxygens (including phenoxy) is 2. The zero-order valence-corrected chi connectivity index (χ0v) is 20.1. The molecule has 0 aromatic carbocycles. The third-order valence-electron chi connectivity index (χ3n) is 5.92. The minimum absolute atomic E-state index is 0. The van der Waals surface area contributed by atoms with E-state index in [-0.39, 0.29) is 19.1 Å². The summed E-state index contributed by atoms with van der Waals surface area (Å²) in [5.41, 5.74) is 1.56. The van der Waals surface area contributed by atoms with Gasteiger partial charge in [0.05, 0.1) is 36.9 Å². The highest BCUT2D eigenvalue weighted by molar-refractivity contribution is 5.68. The Hall–Kier alpha value is -3.14. The molecule has 0 bridgehead atoms. The molecule has 186 valence electrons. The summed E-state index contributed by atoms with van der Waals surface area (Å²) in [4.78, 5) is 26.2. The van der Waals surface area contributed by atoms with Crippen LogP contribution < -0.4 is 10.9 Å². The smallest absolute Gasteiger partial charge is 0.407 e. The van der Waals surface area contributed by atoms with Crippen molar-refractivity contribution in [2.75, 3.05) is 13.2 Å². The van der Waals surface area contributed by atoms with Crippen molar-refractivity contribution in [3.05, 3.63) is 41.2 Å². The molecule has 1 atom stereocenters. The van der Waals surface area contributed by atoms with Crippen LogP contribution in [0.25, 0.3) is 16.8 Å². The van der Waals surface area contributed by atoms with Crippen molar-refractivity contribution < 1.29 is 15.7 Å². The number of aromatic amines is 1. The van der Waals surface area contributed by atoms with E-state index in [0.717, 1.165) is 31.4 Å². The Bertz CT molecular complexity index is 1150.